The minimum Gasteiger partial charge on any atom is -0.444 e. The summed E-state index contributed by atoms with van der Waals surface area (Å²) in [5.41, 5.74) is 8.46. The van der Waals surface area contributed by atoms with Crippen molar-refractivity contribution >= 4 is 5.78 Å². The highest BCUT2D eigenvalue weighted by molar-refractivity contribution is 5.99. The smallest absolute Gasteiger partial charge is 0.204 e. The molecule has 2 N–H and O–H groups in total. The van der Waals surface area contributed by atoms with Crippen LogP contribution < -0.4 is 5.73 Å². The Bertz CT molecular complexity index is 810. The van der Waals surface area contributed by atoms with Crippen molar-refractivity contribution < 1.29 is 9.53 Å². The molecule has 1 aliphatic heterocycles. The fourth-order valence-corrected chi connectivity index (χ4v) is 4.85. The largest absolute Gasteiger partial charge is 0.444 e. The average Bonchev–Trinajstić information content (AvgIpc) is 2.68. The molecule has 3 aliphatic rings. The Kier molecular flexibility index (Phi) is 4.55. The maximum atomic E-state index is 13.1. The Labute approximate surface area is 154 Å². The number of hydrogen-bond donors (Lipinski definition) is 1. The van der Waals surface area contributed by atoms with Crippen LogP contribution in [-0.4, -0.2) is 5.78 Å². The molecule has 26 heavy (non-hydrogen) atoms. The lowest BCUT2D eigenvalue weighted by atomic mass is 9.68. The number of hydrogen-bond acceptors (Lipinski definition) is 4. The van der Waals surface area contributed by atoms with E-state index in [4.69, 9.17) is 10.5 Å². The van der Waals surface area contributed by atoms with Crippen LogP contribution in [0.4, 0.5) is 0 Å². The van der Waals surface area contributed by atoms with Crippen LogP contribution in [0.2, 0.25) is 0 Å². The summed E-state index contributed by atoms with van der Waals surface area (Å²) >= 11 is 0. The average molecular weight is 348 g/mol. The molecule has 0 unspecified atom stereocenters. The minimum absolute atomic E-state index is 0.117. The molecule has 134 valence electrons. The van der Waals surface area contributed by atoms with Crippen molar-refractivity contribution in [1.82, 2.24) is 0 Å². The van der Waals surface area contributed by atoms with Crippen LogP contribution in [0.25, 0.3) is 0 Å². The molecule has 2 atom stereocenters. The number of rotatable bonds is 2. The number of ether oxygens (including phenoxy) is 1. The highest BCUT2D eigenvalue weighted by Crippen LogP contribution is 2.47. The first-order chi connectivity index (χ1) is 12.7. The van der Waals surface area contributed by atoms with Gasteiger partial charge in [0, 0.05) is 24.3 Å². The Hall–Kier alpha value is -2.54. The zero-order chi connectivity index (χ0) is 18.1. The summed E-state index contributed by atoms with van der Waals surface area (Å²) in [4.78, 5) is 13.1. The van der Waals surface area contributed by atoms with Crippen LogP contribution >= 0.6 is 0 Å². The topological polar surface area (TPSA) is 76.1 Å². The first-order valence-electron chi connectivity index (χ1n) is 9.57. The molecule has 0 aromatic heterocycles. The Morgan fingerprint density at radius 2 is 1.81 bits per heavy atom. The number of Topliss-reactive ketones (excluding diaryl/α,β-unsaturated/α-hetero) is 1. The number of nitrogens with zero attached hydrogens (tertiary/aromatic N) is 1. The predicted octanol–water partition coefficient (Wildman–Crippen LogP) is 4.31. The minimum atomic E-state index is -0.173. The zero-order valence-electron chi connectivity index (χ0n) is 14.9. The van der Waals surface area contributed by atoms with Gasteiger partial charge in [0.15, 0.2) is 5.78 Å². The standard InChI is InChI=1S/C22H24N2O2/c23-13-17-20(15-9-5-2-6-10-15)21-18(25)11-16(12-19(21)26-22(17)24)14-7-3-1-4-8-14/h1,3-4,7-8,15-16,20H,2,5-6,9-12,24H2/t16-,20-/m1/s1. The lowest BCUT2D eigenvalue weighted by Gasteiger charge is -2.38. The zero-order valence-corrected chi connectivity index (χ0v) is 14.9. The molecule has 4 heteroatoms. The quantitative estimate of drug-likeness (QED) is 0.864. The van der Waals surface area contributed by atoms with E-state index in [-0.39, 0.29) is 23.5 Å². The van der Waals surface area contributed by atoms with Gasteiger partial charge in [0.1, 0.15) is 11.8 Å². The number of benzene rings is 1. The van der Waals surface area contributed by atoms with Crippen LogP contribution in [0.5, 0.6) is 0 Å². The van der Waals surface area contributed by atoms with Crippen molar-refractivity contribution in [3.05, 3.63) is 58.7 Å². The third kappa shape index (κ3) is 2.92. The molecular formula is C22H24N2O2. The van der Waals surface area contributed by atoms with Gasteiger partial charge in [-0.3, -0.25) is 4.79 Å². The second kappa shape index (κ2) is 6.99. The molecule has 1 saturated carbocycles. The normalized spacial score (nSPS) is 27.0. The van der Waals surface area contributed by atoms with E-state index in [1.807, 2.05) is 18.2 Å². The summed E-state index contributed by atoms with van der Waals surface area (Å²) in [6.45, 7) is 0. The molecular weight excluding hydrogens is 324 g/mol. The van der Waals surface area contributed by atoms with Crippen LogP contribution in [0.1, 0.15) is 56.4 Å². The molecule has 1 aromatic rings. The number of allylic oxidation sites excluding steroid dienone is 3. The van der Waals surface area contributed by atoms with Crippen molar-refractivity contribution in [2.45, 2.75) is 50.9 Å². The molecule has 0 saturated heterocycles. The third-order valence-electron chi connectivity index (χ3n) is 6.10. The summed E-state index contributed by atoms with van der Waals surface area (Å²) < 4.78 is 5.83. The lowest BCUT2D eigenvalue weighted by molar-refractivity contribution is -0.117. The van der Waals surface area contributed by atoms with Gasteiger partial charge in [0.25, 0.3) is 0 Å². The second-order valence-corrected chi connectivity index (χ2v) is 7.64. The van der Waals surface area contributed by atoms with Gasteiger partial charge in [0.2, 0.25) is 5.88 Å². The lowest BCUT2D eigenvalue weighted by Crippen LogP contribution is -2.35. The van der Waals surface area contributed by atoms with Crippen molar-refractivity contribution in [3.63, 3.8) is 0 Å². The van der Waals surface area contributed by atoms with Gasteiger partial charge >= 0.3 is 0 Å². The van der Waals surface area contributed by atoms with Gasteiger partial charge < -0.3 is 10.5 Å². The summed E-state index contributed by atoms with van der Waals surface area (Å²) in [5, 5.41) is 9.67. The molecule has 0 bridgehead atoms. The molecule has 2 aliphatic carbocycles. The first kappa shape index (κ1) is 16.9. The number of nitrogens with two attached hydrogens (primary N) is 1. The van der Waals surface area contributed by atoms with Crippen molar-refractivity contribution in [3.8, 4) is 6.07 Å². The van der Waals surface area contributed by atoms with E-state index >= 15 is 0 Å². The van der Waals surface area contributed by atoms with Crippen molar-refractivity contribution in [1.29, 1.82) is 5.26 Å². The van der Waals surface area contributed by atoms with Crippen LogP contribution in [-0.2, 0) is 9.53 Å². The Balaban J connectivity index is 1.71. The van der Waals surface area contributed by atoms with Gasteiger partial charge in [-0.15, -0.1) is 0 Å². The summed E-state index contributed by atoms with van der Waals surface area (Å²) in [6, 6.07) is 12.3. The molecule has 0 radical (unpaired) electrons. The molecule has 0 spiro atoms. The maximum Gasteiger partial charge on any atom is 0.204 e. The van der Waals surface area contributed by atoms with Gasteiger partial charge in [-0.1, -0.05) is 49.6 Å². The fourth-order valence-electron chi connectivity index (χ4n) is 4.85. The molecule has 1 fully saturated rings. The highest BCUT2D eigenvalue weighted by Gasteiger charge is 2.43. The van der Waals surface area contributed by atoms with Crippen LogP contribution in [0.15, 0.2) is 53.1 Å². The molecule has 4 rings (SSSR count). The number of carbonyl (C=O) groups is 1. The number of carbonyl (C=O) groups excluding carboxylic acids is 1. The van der Waals surface area contributed by atoms with E-state index in [0.29, 0.717) is 30.1 Å². The van der Waals surface area contributed by atoms with E-state index in [1.165, 1.54) is 6.42 Å². The summed E-state index contributed by atoms with van der Waals surface area (Å²) in [5.74, 6) is 1.28. The van der Waals surface area contributed by atoms with E-state index in [9.17, 15) is 10.1 Å². The number of ketones is 1. The van der Waals surface area contributed by atoms with Gasteiger partial charge in [-0.25, -0.2) is 0 Å². The van der Waals surface area contributed by atoms with Gasteiger partial charge in [-0.2, -0.15) is 5.26 Å². The Morgan fingerprint density at radius 3 is 2.50 bits per heavy atom. The third-order valence-corrected chi connectivity index (χ3v) is 6.10. The molecule has 4 nitrogen and oxygen atoms in total. The van der Waals surface area contributed by atoms with E-state index in [2.05, 4.69) is 18.2 Å². The van der Waals surface area contributed by atoms with E-state index < -0.39 is 0 Å². The monoisotopic (exact) mass is 348 g/mol. The second-order valence-electron chi connectivity index (χ2n) is 7.64. The fraction of sp³-hybridized carbons (Fsp3) is 0.455. The molecule has 0 amide bonds. The van der Waals surface area contributed by atoms with Crippen LogP contribution in [0, 0.1) is 23.2 Å². The predicted molar refractivity (Wildman–Crippen MR) is 98.4 cm³/mol. The molecule has 1 heterocycles. The Morgan fingerprint density at radius 1 is 1.08 bits per heavy atom. The van der Waals surface area contributed by atoms with Crippen molar-refractivity contribution in [2.24, 2.45) is 17.6 Å². The first-order valence-corrected chi connectivity index (χ1v) is 9.57. The van der Waals surface area contributed by atoms with Crippen LogP contribution in [0.3, 0.4) is 0 Å². The van der Waals surface area contributed by atoms with Crippen molar-refractivity contribution in [2.75, 3.05) is 0 Å². The van der Waals surface area contributed by atoms with Gasteiger partial charge in [-0.05, 0) is 30.2 Å². The van der Waals surface area contributed by atoms with E-state index in [0.717, 1.165) is 36.8 Å². The number of nitriles is 1. The summed E-state index contributed by atoms with van der Waals surface area (Å²) in [7, 11) is 0. The van der Waals surface area contributed by atoms with E-state index in [1.54, 1.807) is 0 Å². The maximum absolute atomic E-state index is 13.1. The summed E-state index contributed by atoms with van der Waals surface area (Å²) in [6.07, 6.45) is 6.80. The SMILES string of the molecule is N#CC1=C(N)OC2=C(C(=O)C[C@@H](c3ccccc3)C2)[C@@H]1C1CCCCC1. The highest BCUT2D eigenvalue weighted by atomic mass is 16.5. The van der Waals surface area contributed by atoms with Gasteiger partial charge in [0.05, 0.1) is 5.57 Å². The molecule has 1 aromatic carbocycles.